The predicted molar refractivity (Wildman–Crippen MR) is 200 cm³/mol. The average molecular weight is 727 g/mol. The highest BCUT2D eigenvalue weighted by atomic mass is 16.5. The molecule has 0 saturated heterocycles. The Morgan fingerprint density at radius 2 is 1.00 bits per heavy atom. The third-order valence-corrected chi connectivity index (χ3v) is 8.77. The molecule has 0 unspecified atom stereocenters. The van der Waals surface area contributed by atoms with Gasteiger partial charge in [-0.05, 0) is 31.4 Å². The van der Waals surface area contributed by atoms with Crippen LogP contribution in [0.1, 0.15) is 147 Å². The molecule has 1 aromatic rings. The van der Waals surface area contributed by atoms with E-state index >= 15 is 0 Å². The molecule has 12 nitrogen and oxygen atoms in total. The highest BCUT2D eigenvalue weighted by Crippen LogP contribution is 2.39. The summed E-state index contributed by atoms with van der Waals surface area (Å²) >= 11 is 0. The molecule has 2 amide bonds. The summed E-state index contributed by atoms with van der Waals surface area (Å²) in [6, 6.07) is 3.32. The Morgan fingerprint density at radius 3 is 1.45 bits per heavy atom. The van der Waals surface area contributed by atoms with E-state index in [1.807, 2.05) is 0 Å². The number of hydrogen-bond donors (Lipinski definition) is 7. The quantitative estimate of drug-likeness (QED) is 0.0476. The van der Waals surface area contributed by atoms with Gasteiger partial charge in [0.05, 0.1) is 26.4 Å². The van der Waals surface area contributed by atoms with E-state index in [4.69, 9.17) is 19.3 Å². The van der Waals surface area contributed by atoms with Gasteiger partial charge in [0, 0.05) is 18.7 Å². The van der Waals surface area contributed by atoms with Gasteiger partial charge in [-0.2, -0.15) is 0 Å². The van der Waals surface area contributed by atoms with Crippen molar-refractivity contribution in [3.63, 3.8) is 0 Å². The number of hydrogen-bond acceptors (Lipinski definition) is 10. The highest BCUT2D eigenvalue weighted by Gasteiger charge is 2.34. The number of nitrogens with one attached hydrogen (secondary N) is 2. The van der Waals surface area contributed by atoms with E-state index in [1.54, 1.807) is 12.1 Å². The molecular formula is C39H70N2O10. The Morgan fingerprint density at radius 1 is 0.588 bits per heavy atom. The van der Waals surface area contributed by atoms with Gasteiger partial charge in [-0.1, -0.05) is 117 Å². The minimum absolute atomic E-state index is 0.00656. The van der Waals surface area contributed by atoms with Crippen molar-refractivity contribution in [1.82, 2.24) is 10.6 Å². The zero-order chi connectivity index (χ0) is 37.7. The summed E-state index contributed by atoms with van der Waals surface area (Å²) in [7, 11) is 0. The molecule has 12 heteroatoms. The second-order valence-corrected chi connectivity index (χ2v) is 13.4. The molecule has 51 heavy (non-hydrogen) atoms. The number of unbranched alkanes of at least 4 members (excludes halogenated alkanes) is 15. The van der Waals surface area contributed by atoms with Crippen molar-refractivity contribution in [2.24, 2.45) is 0 Å². The summed E-state index contributed by atoms with van der Waals surface area (Å²) in [5, 5.41) is 53.3. The monoisotopic (exact) mass is 727 g/mol. The van der Waals surface area contributed by atoms with Crippen LogP contribution in [0.2, 0.25) is 0 Å². The fraction of sp³-hybridized carbons (Fsp3) is 0.795. The summed E-state index contributed by atoms with van der Waals surface area (Å²) in [5.41, 5.74) is 0.306. The SMILES string of the molecule is CCCCCCCCOc1cc(C(=O)NCCNC(=O)[C@H](O)[C@H](O)[C@H](O)[C@H](O)CO)cc(OCCCCCCCC)c1OCCCCCCCC. The van der Waals surface area contributed by atoms with Crippen molar-refractivity contribution in [3.8, 4) is 17.2 Å². The summed E-state index contributed by atoms with van der Waals surface area (Å²) in [6.07, 6.45) is 12.4. The number of aliphatic hydroxyl groups is 5. The first-order valence-electron chi connectivity index (χ1n) is 19.7. The lowest BCUT2D eigenvalue weighted by molar-refractivity contribution is -0.148. The summed E-state index contributed by atoms with van der Waals surface area (Å²) in [5.74, 6) is -0.0278. The fourth-order valence-corrected chi connectivity index (χ4v) is 5.50. The first-order valence-corrected chi connectivity index (χ1v) is 19.7. The molecule has 1 aromatic carbocycles. The van der Waals surface area contributed by atoms with E-state index in [1.165, 1.54) is 57.8 Å². The Bertz CT molecular complexity index is 1000. The largest absolute Gasteiger partial charge is 0.490 e. The molecule has 0 aliphatic carbocycles. The van der Waals surface area contributed by atoms with Crippen molar-refractivity contribution in [1.29, 1.82) is 0 Å². The number of amides is 2. The Labute approximate surface area is 306 Å². The van der Waals surface area contributed by atoms with Crippen LogP contribution in [-0.4, -0.2) is 101 Å². The van der Waals surface area contributed by atoms with Crippen molar-refractivity contribution in [3.05, 3.63) is 17.7 Å². The third-order valence-electron chi connectivity index (χ3n) is 8.77. The number of ether oxygens (including phenoxy) is 3. The number of carbonyl (C=O) groups excluding carboxylic acids is 2. The molecular weight excluding hydrogens is 656 g/mol. The maximum atomic E-state index is 13.3. The van der Waals surface area contributed by atoms with Gasteiger partial charge in [0.15, 0.2) is 17.6 Å². The van der Waals surface area contributed by atoms with Crippen LogP contribution < -0.4 is 24.8 Å². The van der Waals surface area contributed by atoms with Crippen LogP contribution in [0.25, 0.3) is 0 Å². The Hall–Kier alpha value is -2.64. The highest BCUT2D eigenvalue weighted by molar-refractivity contribution is 5.95. The second-order valence-electron chi connectivity index (χ2n) is 13.4. The molecule has 0 aliphatic rings. The topological polar surface area (TPSA) is 187 Å². The van der Waals surface area contributed by atoms with E-state index in [0.717, 1.165) is 57.8 Å². The molecule has 1 rings (SSSR count). The molecule has 0 spiro atoms. The van der Waals surface area contributed by atoms with Crippen molar-refractivity contribution >= 4 is 11.8 Å². The standard InChI is InChI=1S/C39H70N2O10/c1-4-7-10-13-16-19-24-49-32-27-30(38(47)40-22-23-41-39(48)36(46)35(45)34(44)31(43)29-42)28-33(50-25-20-17-14-11-8-5-2)37(32)51-26-21-18-15-12-9-6-3/h27-28,31,34-36,42-46H,4-26,29H2,1-3H3,(H,40,47)(H,41,48)/t31-,34-,35-,36-/m1/s1. The maximum Gasteiger partial charge on any atom is 0.251 e. The minimum Gasteiger partial charge on any atom is -0.490 e. The molecule has 0 aromatic heterocycles. The Kier molecular flexibility index (Phi) is 27.2. The summed E-state index contributed by atoms with van der Waals surface area (Å²) in [6.45, 7) is 7.10. The molecule has 0 aliphatic heterocycles. The maximum absolute atomic E-state index is 13.3. The van der Waals surface area contributed by atoms with E-state index < -0.39 is 42.8 Å². The number of rotatable bonds is 33. The fourth-order valence-electron chi connectivity index (χ4n) is 5.50. The van der Waals surface area contributed by atoms with Crippen molar-refractivity contribution in [2.45, 2.75) is 161 Å². The van der Waals surface area contributed by atoms with Gasteiger partial charge in [0.1, 0.15) is 18.3 Å². The van der Waals surface area contributed by atoms with Gasteiger partial charge < -0.3 is 50.4 Å². The van der Waals surface area contributed by atoms with Gasteiger partial charge >= 0.3 is 0 Å². The van der Waals surface area contributed by atoms with Crippen LogP contribution in [0.3, 0.4) is 0 Å². The first-order chi connectivity index (χ1) is 24.7. The predicted octanol–water partition coefficient (Wildman–Crippen LogP) is 5.19. The third kappa shape index (κ3) is 20.3. The normalized spacial score (nSPS) is 13.6. The van der Waals surface area contributed by atoms with Crippen LogP contribution in [0, 0.1) is 0 Å². The number of carbonyl (C=O) groups is 2. The van der Waals surface area contributed by atoms with E-state index in [-0.39, 0.29) is 13.1 Å². The lowest BCUT2D eigenvalue weighted by Crippen LogP contribution is -2.52. The van der Waals surface area contributed by atoms with Gasteiger partial charge in [0.25, 0.3) is 11.8 Å². The van der Waals surface area contributed by atoms with Gasteiger partial charge in [-0.3, -0.25) is 9.59 Å². The van der Waals surface area contributed by atoms with Crippen LogP contribution in [-0.2, 0) is 4.79 Å². The molecule has 7 N–H and O–H groups in total. The molecule has 0 fully saturated rings. The Balaban J connectivity index is 3.03. The lowest BCUT2D eigenvalue weighted by Gasteiger charge is -2.24. The second kappa shape index (κ2) is 29.9. The van der Waals surface area contributed by atoms with Crippen molar-refractivity contribution < 1.29 is 49.3 Å². The molecule has 0 bridgehead atoms. The van der Waals surface area contributed by atoms with Gasteiger partial charge in [-0.25, -0.2) is 0 Å². The summed E-state index contributed by atoms with van der Waals surface area (Å²) < 4.78 is 18.8. The number of benzene rings is 1. The van der Waals surface area contributed by atoms with E-state index in [9.17, 15) is 30.0 Å². The summed E-state index contributed by atoms with van der Waals surface area (Å²) in [4.78, 5) is 25.6. The molecule has 0 saturated carbocycles. The van der Waals surface area contributed by atoms with Crippen molar-refractivity contribution in [2.75, 3.05) is 39.5 Å². The smallest absolute Gasteiger partial charge is 0.251 e. The van der Waals surface area contributed by atoms with E-state index in [2.05, 4.69) is 31.4 Å². The zero-order valence-corrected chi connectivity index (χ0v) is 31.7. The van der Waals surface area contributed by atoms with Gasteiger partial charge in [-0.15, -0.1) is 0 Å². The molecule has 4 atom stereocenters. The molecule has 296 valence electrons. The molecule has 0 radical (unpaired) electrons. The van der Waals surface area contributed by atoms with Crippen LogP contribution in [0.5, 0.6) is 17.2 Å². The van der Waals surface area contributed by atoms with Crippen LogP contribution >= 0.6 is 0 Å². The minimum atomic E-state index is -2.06. The van der Waals surface area contributed by atoms with Crippen LogP contribution in [0.15, 0.2) is 12.1 Å². The first kappa shape index (κ1) is 46.4. The average Bonchev–Trinajstić information content (AvgIpc) is 3.14. The van der Waals surface area contributed by atoms with Gasteiger partial charge in [0.2, 0.25) is 5.75 Å². The lowest BCUT2D eigenvalue weighted by atomic mass is 10.0. The molecule has 0 heterocycles. The number of aliphatic hydroxyl groups excluding tert-OH is 5. The van der Waals surface area contributed by atoms with E-state index in [0.29, 0.717) is 42.6 Å². The van der Waals surface area contributed by atoms with Crippen LogP contribution in [0.4, 0.5) is 0 Å². The zero-order valence-electron chi connectivity index (χ0n) is 31.7.